The van der Waals surface area contributed by atoms with Crippen LogP contribution in [0, 0.1) is 0 Å². The lowest BCUT2D eigenvalue weighted by Crippen LogP contribution is -2.06. The number of benzene rings is 10. The summed E-state index contributed by atoms with van der Waals surface area (Å²) in [4.78, 5) is 15.7. The van der Waals surface area contributed by atoms with Crippen LogP contribution in [0.2, 0.25) is 0 Å². The highest BCUT2D eigenvalue weighted by atomic mass is 15.2. The zero-order chi connectivity index (χ0) is 40.7. The van der Waals surface area contributed by atoms with E-state index in [-0.39, 0.29) is 0 Å². The molecule has 0 N–H and O–H groups in total. The van der Waals surface area contributed by atoms with Crippen LogP contribution >= 0.6 is 0 Å². The van der Waals surface area contributed by atoms with Crippen molar-refractivity contribution >= 4 is 75.9 Å². The average molecular weight is 790 g/mol. The number of fused-ring (bicyclic) bond motifs is 9. The highest BCUT2D eigenvalue weighted by molar-refractivity contribution is 6.13. The third-order valence-electron chi connectivity index (χ3n) is 12.5. The summed E-state index contributed by atoms with van der Waals surface area (Å²) < 4.78 is 4.62. The molecule has 5 nitrogen and oxygen atoms in total. The predicted molar refractivity (Wildman–Crippen MR) is 257 cm³/mol. The Balaban J connectivity index is 0.997. The van der Waals surface area contributed by atoms with Gasteiger partial charge < -0.3 is 4.57 Å². The summed E-state index contributed by atoms with van der Waals surface area (Å²) >= 11 is 0. The van der Waals surface area contributed by atoms with Crippen molar-refractivity contribution in [1.82, 2.24) is 24.1 Å². The number of nitrogens with zero attached hydrogens (tertiary/aromatic N) is 5. The molecule has 0 spiro atoms. The molecule has 0 atom stereocenters. The molecule has 0 saturated carbocycles. The summed E-state index contributed by atoms with van der Waals surface area (Å²) in [6.07, 6.45) is 0. The number of para-hydroxylation sites is 2. The molecular weight excluding hydrogens is 755 g/mol. The quantitative estimate of drug-likeness (QED) is 0.174. The Kier molecular flexibility index (Phi) is 7.54. The maximum atomic E-state index is 5.27. The van der Waals surface area contributed by atoms with E-state index in [9.17, 15) is 0 Å². The first-order valence-electron chi connectivity index (χ1n) is 21.0. The molecule has 13 rings (SSSR count). The van der Waals surface area contributed by atoms with Crippen LogP contribution in [0.25, 0.3) is 121 Å². The number of rotatable bonds is 5. The maximum Gasteiger partial charge on any atom is 0.238 e. The molecule has 0 aliphatic heterocycles. The molecule has 288 valence electrons. The summed E-state index contributed by atoms with van der Waals surface area (Å²) in [6.45, 7) is 0. The highest BCUT2D eigenvalue weighted by Crippen LogP contribution is 2.39. The second-order valence-electron chi connectivity index (χ2n) is 16.1. The van der Waals surface area contributed by atoms with Crippen molar-refractivity contribution in [2.45, 2.75) is 0 Å². The van der Waals surface area contributed by atoms with Crippen LogP contribution in [0.5, 0.6) is 0 Å². The lowest BCUT2D eigenvalue weighted by Gasteiger charge is -2.12. The molecule has 10 aromatic carbocycles. The molecule has 0 bridgehead atoms. The largest absolute Gasteiger partial charge is 0.309 e. The number of hydrogen-bond acceptors (Lipinski definition) is 3. The van der Waals surface area contributed by atoms with Gasteiger partial charge in [0.1, 0.15) is 0 Å². The van der Waals surface area contributed by atoms with Crippen molar-refractivity contribution in [3.63, 3.8) is 0 Å². The Morgan fingerprint density at radius 1 is 0.258 bits per heavy atom. The number of hydrogen-bond donors (Lipinski definition) is 0. The lowest BCUT2D eigenvalue weighted by atomic mass is 10.0. The minimum atomic E-state index is 0.577. The van der Waals surface area contributed by atoms with Gasteiger partial charge in [-0.1, -0.05) is 158 Å². The first-order chi connectivity index (χ1) is 30.7. The van der Waals surface area contributed by atoms with E-state index in [1.807, 2.05) is 0 Å². The van der Waals surface area contributed by atoms with Crippen molar-refractivity contribution in [1.29, 1.82) is 0 Å². The second-order valence-corrected chi connectivity index (χ2v) is 16.1. The fourth-order valence-electron chi connectivity index (χ4n) is 9.56. The van der Waals surface area contributed by atoms with Gasteiger partial charge in [-0.25, -0.2) is 4.98 Å². The lowest BCUT2D eigenvalue weighted by molar-refractivity contribution is 0.954. The van der Waals surface area contributed by atoms with Gasteiger partial charge in [0, 0.05) is 38.1 Å². The Hall–Kier alpha value is -8.41. The summed E-state index contributed by atoms with van der Waals surface area (Å²) in [5.74, 6) is 1.83. The summed E-state index contributed by atoms with van der Waals surface area (Å²) in [5.41, 5.74) is 9.81. The fourth-order valence-corrected chi connectivity index (χ4v) is 9.56. The van der Waals surface area contributed by atoms with E-state index in [0.717, 1.165) is 54.8 Å². The van der Waals surface area contributed by atoms with Crippen molar-refractivity contribution in [3.8, 4) is 45.5 Å². The normalized spacial score (nSPS) is 11.9. The van der Waals surface area contributed by atoms with Gasteiger partial charge in [-0.2, -0.15) is 9.97 Å². The third kappa shape index (κ3) is 5.38. The molecule has 0 aliphatic carbocycles. The van der Waals surface area contributed by atoms with Crippen molar-refractivity contribution in [2.24, 2.45) is 0 Å². The maximum absolute atomic E-state index is 5.27. The van der Waals surface area contributed by atoms with Gasteiger partial charge >= 0.3 is 0 Å². The Labute approximate surface area is 356 Å². The van der Waals surface area contributed by atoms with Gasteiger partial charge in [0.2, 0.25) is 5.95 Å². The van der Waals surface area contributed by atoms with E-state index in [4.69, 9.17) is 15.0 Å². The zero-order valence-corrected chi connectivity index (χ0v) is 33.4. The second kappa shape index (κ2) is 13.6. The van der Waals surface area contributed by atoms with Crippen molar-refractivity contribution in [3.05, 3.63) is 212 Å². The highest BCUT2D eigenvalue weighted by Gasteiger charge is 2.20. The Bertz CT molecular complexity index is 3850. The first kappa shape index (κ1) is 34.5. The van der Waals surface area contributed by atoms with E-state index in [0.29, 0.717) is 17.6 Å². The molecule has 0 saturated heterocycles. The van der Waals surface area contributed by atoms with Crippen LogP contribution in [0.1, 0.15) is 0 Å². The van der Waals surface area contributed by atoms with E-state index < -0.39 is 0 Å². The van der Waals surface area contributed by atoms with E-state index >= 15 is 0 Å². The van der Waals surface area contributed by atoms with Crippen LogP contribution in [0.4, 0.5) is 0 Å². The van der Waals surface area contributed by atoms with Crippen LogP contribution in [0.15, 0.2) is 212 Å². The van der Waals surface area contributed by atoms with Gasteiger partial charge in [0.15, 0.2) is 11.6 Å². The molecule has 0 radical (unpaired) electrons. The molecular formula is C57H35N5. The summed E-state index contributed by atoms with van der Waals surface area (Å²) in [6, 6.07) is 75.9. The van der Waals surface area contributed by atoms with Crippen molar-refractivity contribution in [2.75, 3.05) is 0 Å². The van der Waals surface area contributed by atoms with E-state index in [1.165, 1.54) is 49.0 Å². The monoisotopic (exact) mass is 789 g/mol. The average Bonchev–Trinajstić information content (AvgIpc) is 3.85. The molecule has 3 aromatic heterocycles. The Morgan fingerprint density at radius 3 is 1.29 bits per heavy atom. The standard InChI is InChI=1S/C57H35N5/c1-3-15-39-32-43(26-24-36(39)12-1)55-58-56(44-27-25-37-13-2-4-16-40(37)33-44)60-57(59-55)62-52-22-10-8-20-47(52)49-35-42(29-31-54(49)62)41-28-30-53-48(34-41)46-19-7-9-21-51(46)61(53)50-23-11-17-38-14-5-6-18-45(38)50/h1-35H. The van der Waals surface area contributed by atoms with E-state index in [2.05, 4.69) is 221 Å². The third-order valence-corrected chi connectivity index (χ3v) is 12.5. The molecule has 0 amide bonds. The molecule has 0 unspecified atom stereocenters. The molecule has 13 aromatic rings. The van der Waals surface area contributed by atoms with Gasteiger partial charge in [-0.05, 0) is 92.7 Å². The summed E-state index contributed by atoms with van der Waals surface area (Å²) in [7, 11) is 0. The molecule has 0 aliphatic rings. The van der Waals surface area contributed by atoms with Crippen LogP contribution in [-0.4, -0.2) is 24.1 Å². The smallest absolute Gasteiger partial charge is 0.238 e. The Morgan fingerprint density at radius 2 is 0.694 bits per heavy atom. The topological polar surface area (TPSA) is 48.5 Å². The number of aromatic nitrogens is 5. The zero-order valence-electron chi connectivity index (χ0n) is 33.4. The van der Waals surface area contributed by atoms with Crippen LogP contribution in [0.3, 0.4) is 0 Å². The SMILES string of the molecule is c1ccc2cc(-c3nc(-c4ccc5ccccc5c4)nc(-n4c5ccccc5c5cc(-c6ccc7c(c6)c6ccccc6n7-c6cccc7ccccc67)ccc54)n3)ccc2c1. The van der Waals surface area contributed by atoms with Gasteiger partial charge in [-0.3, -0.25) is 4.57 Å². The fraction of sp³-hybridized carbons (Fsp3) is 0. The predicted octanol–water partition coefficient (Wildman–Crippen LogP) is 14.5. The minimum Gasteiger partial charge on any atom is -0.309 e. The van der Waals surface area contributed by atoms with E-state index in [1.54, 1.807) is 0 Å². The molecule has 0 fully saturated rings. The van der Waals surface area contributed by atoms with Gasteiger partial charge in [0.25, 0.3) is 0 Å². The van der Waals surface area contributed by atoms with Crippen LogP contribution in [-0.2, 0) is 0 Å². The first-order valence-corrected chi connectivity index (χ1v) is 21.0. The van der Waals surface area contributed by atoms with Gasteiger partial charge in [0.05, 0.1) is 27.8 Å². The summed E-state index contributed by atoms with van der Waals surface area (Å²) in [5, 5.41) is 11.8. The molecule has 3 heterocycles. The molecule has 62 heavy (non-hydrogen) atoms. The van der Waals surface area contributed by atoms with Gasteiger partial charge in [-0.15, -0.1) is 0 Å². The minimum absolute atomic E-state index is 0.577. The molecule has 5 heteroatoms. The van der Waals surface area contributed by atoms with Crippen molar-refractivity contribution < 1.29 is 0 Å². The van der Waals surface area contributed by atoms with Crippen LogP contribution < -0.4 is 0 Å².